The van der Waals surface area contributed by atoms with E-state index in [-0.39, 0.29) is 28.7 Å². The van der Waals surface area contributed by atoms with Crippen molar-refractivity contribution in [3.05, 3.63) is 134 Å². The van der Waals surface area contributed by atoms with Gasteiger partial charge in [-0.1, -0.05) is 72.8 Å². The molecule has 0 aromatic heterocycles. The van der Waals surface area contributed by atoms with Crippen LogP contribution in [0, 0.1) is 10.1 Å². The number of allylic oxidation sites excluding steroid dienone is 1. The zero-order valence-corrected chi connectivity index (χ0v) is 27.2. The van der Waals surface area contributed by atoms with E-state index >= 15 is 0 Å². The van der Waals surface area contributed by atoms with Gasteiger partial charge >= 0.3 is 22.3 Å². The predicted molar refractivity (Wildman–Crippen MR) is 174 cm³/mol. The molecule has 0 bridgehead atoms. The Morgan fingerprint density at radius 2 is 1.48 bits per heavy atom. The molecule has 14 nitrogen and oxygen atoms in total. The van der Waals surface area contributed by atoms with Crippen LogP contribution in [0.4, 0.5) is 5.69 Å². The number of benzene rings is 3. The van der Waals surface area contributed by atoms with Crippen LogP contribution in [0.5, 0.6) is 0 Å². The Morgan fingerprint density at radius 1 is 0.938 bits per heavy atom. The molecule has 3 aromatic rings. The van der Waals surface area contributed by atoms with E-state index < -0.39 is 45.4 Å². The lowest BCUT2D eigenvalue weighted by Gasteiger charge is -2.44. The number of dihydropyridines is 1. The summed E-state index contributed by atoms with van der Waals surface area (Å²) in [5.74, 6) is -2.37. The molecule has 2 aliphatic heterocycles. The Labute approximate surface area is 277 Å². The first-order valence-electron chi connectivity index (χ1n) is 14.8. The summed E-state index contributed by atoms with van der Waals surface area (Å²) < 4.78 is 43.0. The Bertz CT molecular complexity index is 1780. The molecular formula is C33H36N4O10S. The Balaban J connectivity index is 0.000000968. The van der Waals surface area contributed by atoms with Gasteiger partial charge in [0, 0.05) is 30.9 Å². The minimum absolute atomic E-state index is 0.00271. The van der Waals surface area contributed by atoms with E-state index in [1.54, 1.807) is 26.8 Å². The number of nitrogens with two attached hydrogens (primary N) is 1. The molecule has 0 radical (unpaired) electrons. The predicted octanol–water partition coefficient (Wildman–Crippen LogP) is 4.04. The van der Waals surface area contributed by atoms with Gasteiger partial charge in [0.2, 0.25) is 0 Å². The van der Waals surface area contributed by atoms with Gasteiger partial charge < -0.3 is 20.5 Å². The molecule has 1 fully saturated rings. The first-order chi connectivity index (χ1) is 22.6. The fourth-order valence-corrected chi connectivity index (χ4v) is 5.64. The molecule has 0 spiro atoms. The van der Waals surface area contributed by atoms with Crippen LogP contribution in [0.2, 0.25) is 0 Å². The largest absolute Gasteiger partial charge is 0.460 e. The van der Waals surface area contributed by atoms with E-state index in [0.717, 1.165) is 11.1 Å². The van der Waals surface area contributed by atoms with Crippen molar-refractivity contribution >= 4 is 28.0 Å². The van der Waals surface area contributed by atoms with Crippen LogP contribution in [-0.2, 0) is 29.5 Å². The number of non-ortho nitro benzene ring substituents is 1. The molecule has 15 heteroatoms. The normalized spacial score (nSPS) is 16.9. The summed E-state index contributed by atoms with van der Waals surface area (Å²) in [7, 11) is -4.67. The molecule has 3 aromatic carbocycles. The van der Waals surface area contributed by atoms with Crippen molar-refractivity contribution in [2.24, 2.45) is 5.73 Å². The third-order valence-electron chi connectivity index (χ3n) is 7.54. The van der Waals surface area contributed by atoms with Gasteiger partial charge in [-0.15, -0.1) is 0 Å². The summed E-state index contributed by atoms with van der Waals surface area (Å²) in [6.45, 7) is 6.05. The summed E-state index contributed by atoms with van der Waals surface area (Å²) in [5, 5.41) is 14.5. The molecule has 1 saturated heterocycles. The van der Waals surface area contributed by atoms with Crippen molar-refractivity contribution in [1.29, 1.82) is 0 Å². The molecule has 0 saturated carbocycles. The number of ether oxygens (including phenoxy) is 2. The smallest absolute Gasteiger partial charge is 0.394 e. The molecule has 1 unspecified atom stereocenters. The molecular weight excluding hydrogens is 644 g/mol. The van der Waals surface area contributed by atoms with Crippen LogP contribution in [0.1, 0.15) is 49.4 Å². The van der Waals surface area contributed by atoms with Gasteiger partial charge in [-0.2, -0.15) is 8.42 Å². The van der Waals surface area contributed by atoms with Crippen molar-refractivity contribution in [3.8, 4) is 0 Å². The Hall–Kier alpha value is -5.09. The second kappa shape index (κ2) is 15.2. The van der Waals surface area contributed by atoms with Crippen LogP contribution in [-0.4, -0.2) is 64.6 Å². The maximum Gasteiger partial charge on any atom is 0.394 e. The van der Waals surface area contributed by atoms with Crippen molar-refractivity contribution in [1.82, 2.24) is 10.2 Å². The lowest BCUT2D eigenvalue weighted by molar-refractivity contribution is -0.384. The van der Waals surface area contributed by atoms with Crippen LogP contribution < -0.4 is 11.1 Å². The minimum atomic E-state index is -4.67. The lowest BCUT2D eigenvalue weighted by atomic mass is 9.81. The van der Waals surface area contributed by atoms with Crippen molar-refractivity contribution < 1.29 is 41.5 Å². The number of nitro groups is 1. The van der Waals surface area contributed by atoms with E-state index in [2.05, 4.69) is 34.5 Å². The maximum absolute atomic E-state index is 13.8. The molecule has 2 heterocycles. The van der Waals surface area contributed by atoms with Crippen molar-refractivity contribution in [2.75, 3.05) is 13.1 Å². The number of esters is 2. The summed E-state index contributed by atoms with van der Waals surface area (Å²) in [6, 6.07) is 26.0. The van der Waals surface area contributed by atoms with Gasteiger partial charge in [0.15, 0.2) is 0 Å². The number of nitrogens with one attached hydrogen (secondary N) is 1. The van der Waals surface area contributed by atoms with Crippen LogP contribution in [0.25, 0.3) is 0 Å². The minimum Gasteiger partial charge on any atom is -0.460 e. The number of likely N-dealkylation sites (tertiary alicyclic amines) is 1. The zero-order chi connectivity index (χ0) is 35.2. The van der Waals surface area contributed by atoms with Crippen LogP contribution in [0.15, 0.2) is 108 Å². The average Bonchev–Trinajstić information content (AvgIpc) is 2.99. The van der Waals surface area contributed by atoms with Crippen LogP contribution >= 0.6 is 0 Å². The fourth-order valence-electron chi connectivity index (χ4n) is 5.64. The first-order valence-corrected chi connectivity index (χ1v) is 16.2. The SMILES string of the molecule is CC1=C(C(=O)OC(C)C)C(c2cccc([N+](=O)[O-])c2)C(C(=O)OC2CN(C(c3ccccc3)c3ccccc3)C2)=C(N)N1.O=S(=O)(O)O. The van der Waals surface area contributed by atoms with Gasteiger partial charge in [0.05, 0.1) is 34.1 Å². The number of rotatable bonds is 9. The monoisotopic (exact) mass is 680 g/mol. The second-order valence-corrected chi connectivity index (χ2v) is 12.3. The molecule has 254 valence electrons. The fraction of sp³-hybridized carbons (Fsp3) is 0.273. The van der Waals surface area contributed by atoms with Gasteiger partial charge in [0.25, 0.3) is 5.69 Å². The summed E-state index contributed by atoms with van der Waals surface area (Å²) in [5.41, 5.74) is 9.31. The van der Waals surface area contributed by atoms with Gasteiger partial charge in [-0.05, 0) is 37.5 Å². The molecule has 5 rings (SSSR count). The highest BCUT2D eigenvalue weighted by Gasteiger charge is 2.42. The maximum atomic E-state index is 13.8. The third kappa shape index (κ3) is 9.04. The molecule has 1 atom stereocenters. The Kier molecular flexibility index (Phi) is 11.3. The molecule has 5 N–H and O–H groups in total. The number of carbonyl (C=O) groups is 2. The number of hydrogen-bond acceptors (Lipinski definition) is 11. The van der Waals surface area contributed by atoms with Crippen molar-refractivity contribution in [2.45, 2.75) is 44.9 Å². The highest BCUT2D eigenvalue weighted by molar-refractivity contribution is 7.79. The number of nitrogens with zero attached hydrogens (tertiary/aromatic N) is 2. The average molecular weight is 681 g/mol. The van der Waals surface area contributed by atoms with E-state index in [0.29, 0.717) is 24.4 Å². The number of carbonyl (C=O) groups excluding carboxylic acids is 2. The summed E-state index contributed by atoms with van der Waals surface area (Å²) >= 11 is 0. The topological polar surface area (TPSA) is 212 Å². The molecule has 0 aliphatic carbocycles. The first kappa shape index (κ1) is 35.8. The van der Waals surface area contributed by atoms with E-state index in [9.17, 15) is 19.7 Å². The Morgan fingerprint density at radius 3 is 1.98 bits per heavy atom. The quantitative estimate of drug-likeness (QED) is 0.109. The van der Waals surface area contributed by atoms with Gasteiger partial charge in [-0.25, -0.2) is 9.59 Å². The zero-order valence-electron chi connectivity index (χ0n) is 26.3. The van der Waals surface area contributed by atoms with Crippen LogP contribution in [0.3, 0.4) is 0 Å². The third-order valence-corrected chi connectivity index (χ3v) is 7.54. The highest BCUT2D eigenvalue weighted by Crippen LogP contribution is 2.40. The standard InChI is InChI=1S/C33H34N4O6.H2O4S/c1-20(2)42-32(38)27-21(3)35-31(34)29(28(27)24-15-10-16-25(17-24)37(40)41)33(39)43-26-18-36(19-26)30(22-11-6-4-7-12-22)23-13-8-5-9-14-23;1-5(2,3)4/h4-17,20,26,28,30,35H,18-19,34H2,1-3H3;(H2,1,2,3,4). The highest BCUT2D eigenvalue weighted by atomic mass is 32.3. The van der Waals surface area contributed by atoms with Crippen molar-refractivity contribution in [3.63, 3.8) is 0 Å². The molecule has 48 heavy (non-hydrogen) atoms. The lowest BCUT2D eigenvalue weighted by Crippen LogP contribution is -2.54. The van der Waals surface area contributed by atoms with Gasteiger partial charge in [0.1, 0.15) is 11.9 Å². The van der Waals surface area contributed by atoms with Gasteiger partial charge in [-0.3, -0.25) is 24.1 Å². The second-order valence-electron chi connectivity index (χ2n) is 11.4. The summed E-state index contributed by atoms with van der Waals surface area (Å²) in [6.07, 6.45) is -0.855. The number of nitro benzene ring substituents is 1. The van der Waals surface area contributed by atoms with E-state index in [1.807, 2.05) is 36.4 Å². The molecule has 0 amide bonds. The number of hydrogen-bond donors (Lipinski definition) is 4. The van der Waals surface area contributed by atoms with E-state index in [4.69, 9.17) is 32.7 Å². The summed E-state index contributed by atoms with van der Waals surface area (Å²) in [4.78, 5) is 40.4. The molecule has 2 aliphatic rings. The van der Waals surface area contributed by atoms with E-state index in [1.165, 1.54) is 18.2 Å².